The summed E-state index contributed by atoms with van der Waals surface area (Å²) < 4.78 is 11.4. The van der Waals surface area contributed by atoms with Gasteiger partial charge in [0.15, 0.2) is 11.5 Å². The number of halogens is 1. The second-order valence-electron chi connectivity index (χ2n) is 4.69. The quantitative estimate of drug-likeness (QED) is 0.749. The van der Waals surface area contributed by atoms with E-state index in [9.17, 15) is 4.79 Å². The lowest BCUT2D eigenvalue weighted by Gasteiger charge is -2.16. The van der Waals surface area contributed by atoms with Crippen molar-refractivity contribution in [2.45, 2.75) is 32.9 Å². The molecule has 0 bridgehead atoms. The number of carbonyl (C=O) groups is 1. The van der Waals surface area contributed by atoms with Crippen LogP contribution in [0.15, 0.2) is 16.6 Å². The first kappa shape index (κ1) is 17.8. The number of benzene rings is 1. The molecule has 21 heavy (non-hydrogen) atoms. The highest BCUT2D eigenvalue weighted by atomic mass is 79.9. The molecule has 1 aromatic rings. The highest BCUT2D eigenvalue weighted by Crippen LogP contribution is 2.33. The molecule has 0 aliphatic carbocycles. The van der Waals surface area contributed by atoms with Crippen molar-refractivity contribution in [3.8, 4) is 11.5 Å². The number of rotatable bonds is 8. The van der Waals surface area contributed by atoms with E-state index in [4.69, 9.17) is 9.47 Å². The second-order valence-corrected chi connectivity index (χ2v) is 5.55. The van der Waals surface area contributed by atoms with Gasteiger partial charge in [-0.2, -0.15) is 0 Å². The number of hydrogen-bond donors (Lipinski definition) is 2. The van der Waals surface area contributed by atoms with Crippen molar-refractivity contribution in [1.29, 1.82) is 0 Å². The smallest absolute Gasteiger partial charge is 0.236 e. The Morgan fingerprint density at radius 1 is 1.29 bits per heavy atom. The van der Waals surface area contributed by atoms with Gasteiger partial charge in [-0.3, -0.25) is 4.79 Å². The zero-order valence-electron chi connectivity index (χ0n) is 13.0. The summed E-state index contributed by atoms with van der Waals surface area (Å²) in [6.45, 7) is 5.13. The Morgan fingerprint density at radius 2 is 1.90 bits per heavy atom. The minimum Gasteiger partial charge on any atom is -0.493 e. The van der Waals surface area contributed by atoms with E-state index >= 15 is 0 Å². The molecule has 118 valence electrons. The zero-order valence-corrected chi connectivity index (χ0v) is 14.5. The largest absolute Gasteiger partial charge is 0.493 e. The molecule has 0 fully saturated rings. The predicted octanol–water partition coefficient (Wildman–Crippen LogP) is 2.47. The monoisotopic (exact) mass is 358 g/mol. The van der Waals surface area contributed by atoms with Crippen molar-refractivity contribution in [1.82, 2.24) is 10.6 Å². The van der Waals surface area contributed by atoms with Gasteiger partial charge < -0.3 is 20.1 Å². The summed E-state index contributed by atoms with van der Waals surface area (Å²) in [5.74, 6) is 1.34. The van der Waals surface area contributed by atoms with Crippen LogP contribution in [0.5, 0.6) is 11.5 Å². The van der Waals surface area contributed by atoms with Crippen molar-refractivity contribution in [3.63, 3.8) is 0 Å². The van der Waals surface area contributed by atoms with Gasteiger partial charge in [-0.25, -0.2) is 0 Å². The van der Waals surface area contributed by atoms with Gasteiger partial charge in [0.05, 0.1) is 20.3 Å². The summed E-state index contributed by atoms with van der Waals surface area (Å²) in [4.78, 5) is 11.8. The Hall–Kier alpha value is -1.27. The summed E-state index contributed by atoms with van der Waals surface area (Å²) in [6.07, 6.45) is 0.930. The van der Waals surface area contributed by atoms with Crippen molar-refractivity contribution in [2.24, 2.45) is 0 Å². The van der Waals surface area contributed by atoms with Crippen molar-refractivity contribution < 1.29 is 14.3 Å². The summed E-state index contributed by atoms with van der Waals surface area (Å²) in [5, 5.41) is 6.06. The molecule has 1 rings (SSSR count). The van der Waals surface area contributed by atoms with Crippen molar-refractivity contribution in [2.75, 3.05) is 20.8 Å². The van der Waals surface area contributed by atoms with E-state index < -0.39 is 0 Å². The number of hydrogen-bond acceptors (Lipinski definition) is 4. The first-order valence-corrected chi connectivity index (χ1v) is 7.74. The van der Waals surface area contributed by atoms with Crippen LogP contribution in [0.25, 0.3) is 0 Å². The van der Waals surface area contributed by atoms with Crippen LogP contribution in [-0.4, -0.2) is 32.7 Å². The standard InChI is InChI=1S/C15H23BrN2O3/c1-5-6-17-15(19)10(2)18-9-11-7-13(20-3)14(21-4)8-12(11)16/h7-8,10,18H,5-6,9H2,1-4H3,(H,17,19). The topological polar surface area (TPSA) is 59.6 Å². The molecular formula is C15H23BrN2O3. The lowest BCUT2D eigenvalue weighted by Crippen LogP contribution is -2.42. The van der Waals surface area contributed by atoms with E-state index in [1.807, 2.05) is 26.0 Å². The van der Waals surface area contributed by atoms with Crippen LogP contribution in [0.3, 0.4) is 0 Å². The summed E-state index contributed by atoms with van der Waals surface area (Å²) in [7, 11) is 3.20. The van der Waals surface area contributed by atoms with Crippen LogP contribution < -0.4 is 20.1 Å². The molecule has 2 N–H and O–H groups in total. The maximum atomic E-state index is 11.8. The summed E-state index contributed by atoms with van der Waals surface area (Å²) >= 11 is 3.50. The first-order chi connectivity index (χ1) is 10.0. The molecule has 5 nitrogen and oxygen atoms in total. The zero-order chi connectivity index (χ0) is 15.8. The number of ether oxygens (including phenoxy) is 2. The molecule has 6 heteroatoms. The maximum absolute atomic E-state index is 11.8. The average molecular weight is 359 g/mol. The SMILES string of the molecule is CCCNC(=O)C(C)NCc1cc(OC)c(OC)cc1Br. The van der Waals surface area contributed by atoms with E-state index in [-0.39, 0.29) is 11.9 Å². The van der Waals surface area contributed by atoms with E-state index in [1.54, 1.807) is 14.2 Å². The molecule has 0 saturated heterocycles. The molecular weight excluding hydrogens is 336 g/mol. The van der Waals surface area contributed by atoms with Crippen molar-refractivity contribution in [3.05, 3.63) is 22.2 Å². The molecule has 0 heterocycles. The molecule has 0 aliphatic heterocycles. The van der Waals surface area contributed by atoms with Crippen LogP contribution in [0.4, 0.5) is 0 Å². The Balaban J connectivity index is 2.68. The molecule has 0 aliphatic rings. The summed E-state index contributed by atoms with van der Waals surface area (Å²) in [5.41, 5.74) is 1.00. The third-order valence-electron chi connectivity index (χ3n) is 3.09. The molecule has 0 spiro atoms. The Kier molecular flexibility index (Phi) is 7.53. The van der Waals surface area contributed by atoms with Crippen LogP contribution >= 0.6 is 15.9 Å². The normalized spacial score (nSPS) is 11.9. The fourth-order valence-corrected chi connectivity index (χ4v) is 2.25. The minimum atomic E-state index is -0.253. The highest BCUT2D eigenvalue weighted by Gasteiger charge is 2.14. The summed E-state index contributed by atoms with van der Waals surface area (Å²) in [6, 6.07) is 3.50. The number of carbonyl (C=O) groups excluding carboxylic acids is 1. The van der Waals surface area contributed by atoms with Gasteiger partial charge in [0, 0.05) is 17.6 Å². The van der Waals surface area contributed by atoms with Gasteiger partial charge >= 0.3 is 0 Å². The number of amides is 1. The van der Waals surface area contributed by atoms with E-state index in [0.717, 1.165) is 16.5 Å². The molecule has 1 unspecified atom stereocenters. The molecule has 0 saturated carbocycles. The lowest BCUT2D eigenvalue weighted by molar-refractivity contribution is -0.122. The van der Waals surface area contributed by atoms with E-state index in [2.05, 4.69) is 26.6 Å². The van der Waals surface area contributed by atoms with Crippen LogP contribution in [-0.2, 0) is 11.3 Å². The molecule has 0 radical (unpaired) electrons. The van der Waals surface area contributed by atoms with Gasteiger partial charge in [0.2, 0.25) is 5.91 Å². The molecule has 1 aromatic carbocycles. The second kappa shape index (κ2) is 8.89. The predicted molar refractivity (Wildman–Crippen MR) is 86.8 cm³/mol. The fraction of sp³-hybridized carbons (Fsp3) is 0.533. The first-order valence-electron chi connectivity index (χ1n) is 6.95. The Morgan fingerprint density at radius 3 is 2.48 bits per heavy atom. The van der Waals surface area contributed by atoms with Gasteiger partial charge in [-0.05, 0) is 31.0 Å². The van der Waals surface area contributed by atoms with Gasteiger partial charge in [0.1, 0.15) is 0 Å². The van der Waals surface area contributed by atoms with E-state index in [1.165, 1.54) is 0 Å². The molecule has 1 atom stereocenters. The van der Waals surface area contributed by atoms with Crippen molar-refractivity contribution >= 4 is 21.8 Å². The van der Waals surface area contributed by atoms with Gasteiger partial charge in [0.25, 0.3) is 0 Å². The number of methoxy groups -OCH3 is 2. The van der Waals surface area contributed by atoms with E-state index in [0.29, 0.717) is 24.6 Å². The average Bonchev–Trinajstić information content (AvgIpc) is 2.50. The Bertz CT molecular complexity index is 480. The molecule has 0 aromatic heterocycles. The highest BCUT2D eigenvalue weighted by molar-refractivity contribution is 9.10. The maximum Gasteiger partial charge on any atom is 0.236 e. The van der Waals surface area contributed by atoms with Crippen LogP contribution in [0.1, 0.15) is 25.8 Å². The number of nitrogens with one attached hydrogen (secondary N) is 2. The van der Waals surface area contributed by atoms with Gasteiger partial charge in [-0.1, -0.05) is 22.9 Å². The van der Waals surface area contributed by atoms with Crippen LogP contribution in [0, 0.1) is 0 Å². The Labute approximate surface area is 134 Å². The van der Waals surface area contributed by atoms with Gasteiger partial charge in [-0.15, -0.1) is 0 Å². The lowest BCUT2D eigenvalue weighted by atomic mass is 10.2. The fourth-order valence-electron chi connectivity index (χ4n) is 1.79. The third kappa shape index (κ3) is 5.21. The third-order valence-corrected chi connectivity index (χ3v) is 3.83. The minimum absolute atomic E-state index is 0.00782. The molecule has 1 amide bonds. The van der Waals surface area contributed by atoms with Crippen LogP contribution in [0.2, 0.25) is 0 Å².